The standard InChI is InChI=1S/C12H15NOS/c1-9(14)10-6-7-12(13-8-10)15-11-4-2-3-5-11/h6-8,11H,2-5H2,1H3. The van der Waals surface area contributed by atoms with Gasteiger partial charge in [0.25, 0.3) is 0 Å². The van der Waals surface area contributed by atoms with Crippen molar-refractivity contribution < 1.29 is 4.79 Å². The van der Waals surface area contributed by atoms with Gasteiger partial charge < -0.3 is 0 Å². The van der Waals surface area contributed by atoms with Gasteiger partial charge in [-0.25, -0.2) is 4.98 Å². The Bertz CT molecular complexity index is 341. The molecule has 1 aromatic heterocycles. The van der Waals surface area contributed by atoms with Crippen LogP contribution in [0.5, 0.6) is 0 Å². The quantitative estimate of drug-likeness (QED) is 0.733. The van der Waals surface area contributed by atoms with Crippen LogP contribution >= 0.6 is 11.8 Å². The van der Waals surface area contributed by atoms with E-state index in [0.717, 1.165) is 10.3 Å². The number of hydrogen-bond acceptors (Lipinski definition) is 3. The Kier molecular flexibility index (Phi) is 3.41. The number of aromatic nitrogens is 1. The van der Waals surface area contributed by atoms with E-state index >= 15 is 0 Å². The molecule has 0 N–H and O–H groups in total. The molecule has 2 nitrogen and oxygen atoms in total. The number of nitrogens with zero attached hydrogens (tertiary/aromatic N) is 1. The lowest BCUT2D eigenvalue weighted by Gasteiger charge is -2.07. The molecule has 0 bridgehead atoms. The molecule has 0 spiro atoms. The molecule has 0 amide bonds. The summed E-state index contributed by atoms with van der Waals surface area (Å²) in [4.78, 5) is 15.4. The summed E-state index contributed by atoms with van der Waals surface area (Å²) in [5.41, 5.74) is 0.700. The summed E-state index contributed by atoms with van der Waals surface area (Å²) in [7, 11) is 0. The number of Topliss-reactive ketones (excluding diaryl/α,β-unsaturated/α-hetero) is 1. The molecule has 1 aliphatic rings. The number of pyridine rings is 1. The Morgan fingerprint density at radius 1 is 1.40 bits per heavy atom. The fraction of sp³-hybridized carbons (Fsp3) is 0.500. The third-order valence-electron chi connectivity index (χ3n) is 2.73. The molecule has 1 aromatic rings. The van der Waals surface area contributed by atoms with E-state index in [4.69, 9.17) is 0 Å². The van der Waals surface area contributed by atoms with Gasteiger partial charge in [-0.05, 0) is 31.9 Å². The van der Waals surface area contributed by atoms with Crippen molar-refractivity contribution in [3.8, 4) is 0 Å². The summed E-state index contributed by atoms with van der Waals surface area (Å²) in [6, 6.07) is 3.83. The Morgan fingerprint density at radius 2 is 2.13 bits per heavy atom. The Morgan fingerprint density at radius 3 is 2.67 bits per heavy atom. The number of ketones is 1. The van der Waals surface area contributed by atoms with Crippen molar-refractivity contribution in [2.75, 3.05) is 0 Å². The number of rotatable bonds is 3. The number of thioether (sulfide) groups is 1. The van der Waals surface area contributed by atoms with Gasteiger partial charge in [0.1, 0.15) is 0 Å². The predicted molar refractivity (Wildman–Crippen MR) is 62.4 cm³/mol. The molecule has 0 aromatic carbocycles. The maximum atomic E-state index is 11.1. The zero-order valence-corrected chi connectivity index (χ0v) is 9.72. The molecule has 1 heterocycles. The van der Waals surface area contributed by atoms with Crippen molar-refractivity contribution in [1.29, 1.82) is 0 Å². The fourth-order valence-electron chi connectivity index (χ4n) is 1.84. The largest absolute Gasteiger partial charge is 0.294 e. The van der Waals surface area contributed by atoms with Crippen LogP contribution in [0, 0.1) is 0 Å². The maximum absolute atomic E-state index is 11.1. The summed E-state index contributed by atoms with van der Waals surface area (Å²) in [5, 5.41) is 1.78. The van der Waals surface area contributed by atoms with Gasteiger partial charge >= 0.3 is 0 Å². The Hall–Kier alpha value is -0.830. The number of carbonyl (C=O) groups is 1. The van der Waals surface area contributed by atoms with Gasteiger partial charge in [-0.15, -0.1) is 11.8 Å². The van der Waals surface area contributed by atoms with Crippen LogP contribution in [0.2, 0.25) is 0 Å². The van der Waals surface area contributed by atoms with Crippen LogP contribution in [0.15, 0.2) is 23.4 Å². The lowest BCUT2D eigenvalue weighted by molar-refractivity contribution is 0.101. The molecule has 0 radical (unpaired) electrons. The molecule has 0 aliphatic heterocycles. The second-order valence-corrected chi connectivity index (χ2v) is 5.29. The molecule has 80 valence electrons. The highest BCUT2D eigenvalue weighted by Crippen LogP contribution is 2.33. The fourth-order valence-corrected chi connectivity index (χ4v) is 3.01. The van der Waals surface area contributed by atoms with Gasteiger partial charge in [-0.2, -0.15) is 0 Å². The summed E-state index contributed by atoms with van der Waals surface area (Å²) >= 11 is 1.85. The van der Waals surface area contributed by atoms with Crippen LogP contribution in [0.25, 0.3) is 0 Å². The first-order chi connectivity index (χ1) is 7.25. The van der Waals surface area contributed by atoms with Gasteiger partial charge in [0.15, 0.2) is 5.78 Å². The van der Waals surface area contributed by atoms with Gasteiger partial charge in [-0.3, -0.25) is 4.79 Å². The molecule has 1 fully saturated rings. The summed E-state index contributed by atoms with van der Waals surface area (Å²) in [6.07, 6.45) is 6.99. The predicted octanol–water partition coefficient (Wildman–Crippen LogP) is 3.32. The minimum Gasteiger partial charge on any atom is -0.294 e. The normalized spacial score (nSPS) is 16.9. The van der Waals surface area contributed by atoms with Crippen molar-refractivity contribution in [2.24, 2.45) is 0 Å². The van der Waals surface area contributed by atoms with Crippen molar-refractivity contribution in [1.82, 2.24) is 4.98 Å². The minimum absolute atomic E-state index is 0.0833. The van der Waals surface area contributed by atoms with Crippen LogP contribution < -0.4 is 0 Å². The molecule has 0 saturated heterocycles. The van der Waals surface area contributed by atoms with Gasteiger partial charge in [0, 0.05) is 17.0 Å². The SMILES string of the molecule is CC(=O)c1ccc(SC2CCCC2)nc1. The second kappa shape index (κ2) is 4.79. The van der Waals surface area contributed by atoms with Crippen LogP contribution in [0.3, 0.4) is 0 Å². The molecule has 1 aliphatic carbocycles. The van der Waals surface area contributed by atoms with E-state index in [1.807, 2.05) is 23.9 Å². The summed E-state index contributed by atoms with van der Waals surface area (Å²) in [6.45, 7) is 1.57. The molecule has 0 unspecified atom stereocenters. The van der Waals surface area contributed by atoms with E-state index in [0.29, 0.717) is 5.56 Å². The van der Waals surface area contributed by atoms with Gasteiger partial charge in [0.2, 0.25) is 0 Å². The summed E-state index contributed by atoms with van der Waals surface area (Å²) < 4.78 is 0. The highest BCUT2D eigenvalue weighted by atomic mass is 32.2. The second-order valence-electron chi connectivity index (χ2n) is 3.97. The zero-order valence-electron chi connectivity index (χ0n) is 8.90. The smallest absolute Gasteiger partial charge is 0.161 e. The third kappa shape index (κ3) is 2.81. The van der Waals surface area contributed by atoms with Crippen LogP contribution in [-0.4, -0.2) is 16.0 Å². The van der Waals surface area contributed by atoms with E-state index in [2.05, 4.69) is 4.98 Å². The first-order valence-corrected chi connectivity index (χ1v) is 6.27. The van der Waals surface area contributed by atoms with E-state index in [9.17, 15) is 4.79 Å². The maximum Gasteiger partial charge on any atom is 0.161 e. The van der Waals surface area contributed by atoms with Crippen molar-refractivity contribution in [2.45, 2.75) is 42.9 Å². The molecule has 0 atom stereocenters. The molecule has 2 rings (SSSR count). The lowest BCUT2D eigenvalue weighted by atomic mass is 10.2. The van der Waals surface area contributed by atoms with Gasteiger partial charge in [0.05, 0.1) is 5.03 Å². The van der Waals surface area contributed by atoms with Crippen LogP contribution in [0.1, 0.15) is 43.0 Å². The zero-order chi connectivity index (χ0) is 10.7. The Labute approximate surface area is 94.5 Å². The first-order valence-electron chi connectivity index (χ1n) is 5.39. The highest BCUT2D eigenvalue weighted by molar-refractivity contribution is 7.99. The monoisotopic (exact) mass is 221 g/mol. The molecule has 15 heavy (non-hydrogen) atoms. The Balaban J connectivity index is 2.00. The van der Waals surface area contributed by atoms with E-state index in [1.54, 1.807) is 13.1 Å². The van der Waals surface area contributed by atoms with E-state index in [1.165, 1.54) is 25.7 Å². The highest BCUT2D eigenvalue weighted by Gasteiger charge is 2.16. The van der Waals surface area contributed by atoms with Crippen LogP contribution in [-0.2, 0) is 0 Å². The number of carbonyl (C=O) groups excluding carboxylic acids is 1. The molecular formula is C12H15NOS. The number of hydrogen-bond donors (Lipinski definition) is 0. The molecular weight excluding hydrogens is 206 g/mol. The lowest BCUT2D eigenvalue weighted by Crippen LogP contribution is -1.97. The summed E-state index contributed by atoms with van der Waals surface area (Å²) in [5.74, 6) is 0.0833. The topological polar surface area (TPSA) is 30.0 Å². The first kappa shape index (κ1) is 10.7. The van der Waals surface area contributed by atoms with E-state index in [-0.39, 0.29) is 5.78 Å². The van der Waals surface area contributed by atoms with E-state index < -0.39 is 0 Å². The molecule has 1 saturated carbocycles. The van der Waals surface area contributed by atoms with Crippen LogP contribution in [0.4, 0.5) is 0 Å². The molecule has 3 heteroatoms. The van der Waals surface area contributed by atoms with Crippen molar-refractivity contribution in [3.63, 3.8) is 0 Å². The average molecular weight is 221 g/mol. The average Bonchev–Trinajstić information content (AvgIpc) is 2.71. The van der Waals surface area contributed by atoms with Crippen molar-refractivity contribution in [3.05, 3.63) is 23.9 Å². The van der Waals surface area contributed by atoms with Crippen molar-refractivity contribution >= 4 is 17.5 Å². The van der Waals surface area contributed by atoms with Gasteiger partial charge in [-0.1, -0.05) is 12.8 Å². The third-order valence-corrected chi connectivity index (χ3v) is 4.02. The minimum atomic E-state index is 0.0833.